The minimum absolute atomic E-state index is 0.277. The number of sulfone groups is 1. The van der Waals surface area contributed by atoms with Crippen molar-refractivity contribution < 1.29 is 13.2 Å². The maximum absolute atomic E-state index is 11.8. The van der Waals surface area contributed by atoms with Gasteiger partial charge in [-0.15, -0.1) is 0 Å². The monoisotopic (exact) mass is 517 g/mol. The second-order valence-electron chi connectivity index (χ2n) is 10.4. The van der Waals surface area contributed by atoms with E-state index in [4.69, 9.17) is 9.72 Å². The number of aryl methyl sites for hydroxylation is 2. The number of imidazole rings is 1. The highest BCUT2D eigenvalue weighted by Gasteiger charge is 2.22. The maximum Gasteiger partial charge on any atom is 0.175 e. The van der Waals surface area contributed by atoms with E-state index >= 15 is 0 Å². The van der Waals surface area contributed by atoms with Gasteiger partial charge in [0.1, 0.15) is 17.7 Å². The van der Waals surface area contributed by atoms with Crippen LogP contribution in [-0.4, -0.2) is 54.4 Å². The molecule has 5 rings (SSSR count). The molecule has 1 aromatic heterocycles. The summed E-state index contributed by atoms with van der Waals surface area (Å²) >= 11 is 0. The molecule has 0 atom stereocenters. The third kappa shape index (κ3) is 5.29. The van der Waals surface area contributed by atoms with Crippen molar-refractivity contribution in [1.82, 2.24) is 14.5 Å². The Kier molecular flexibility index (Phi) is 6.86. The first-order valence-corrected chi connectivity index (χ1v) is 14.8. The van der Waals surface area contributed by atoms with Gasteiger partial charge in [0.15, 0.2) is 9.84 Å². The van der Waals surface area contributed by atoms with Gasteiger partial charge in [-0.3, -0.25) is 0 Å². The van der Waals surface area contributed by atoms with Gasteiger partial charge in [0.05, 0.1) is 15.9 Å². The van der Waals surface area contributed by atoms with E-state index in [2.05, 4.69) is 66.6 Å². The van der Waals surface area contributed by atoms with Crippen molar-refractivity contribution in [2.75, 3.05) is 19.3 Å². The first-order valence-electron chi connectivity index (χ1n) is 12.9. The lowest BCUT2D eigenvalue weighted by Crippen LogP contribution is -2.41. The summed E-state index contributed by atoms with van der Waals surface area (Å²) < 4.78 is 32.0. The van der Waals surface area contributed by atoms with Gasteiger partial charge in [0.25, 0.3) is 0 Å². The van der Waals surface area contributed by atoms with E-state index in [1.807, 2.05) is 19.2 Å². The molecule has 1 fully saturated rings. The molecule has 6 nitrogen and oxygen atoms in total. The van der Waals surface area contributed by atoms with Gasteiger partial charge in [-0.2, -0.15) is 0 Å². The van der Waals surface area contributed by atoms with Crippen LogP contribution in [0.2, 0.25) is 0 Å². The van der Waals surface area contributed by atoms with E-state index in [1.165, 1.54) is 6.26 Å². The molecule has 37 heavy (non-hydrogen) atoms. The van der Waals surface area contributed by atoms with Crippen LogP contribution in [0.3, 0.4) is 0 Å². The van der Waals surface area contributed by atoms with Crippen molar-refractivity contribution in [2.45, 2.75) is 50.7 Å². The van der Waals surface area contributed by atoms with Crippen LogP contribution < -0.4 is 4.74 Å². The molecule has 1 aliphatic heterocycles. The molecule has 0 spiro atoms. The summed E-state index contributed by atoms with van der Waals surface area (Å²) in [6.07, 6.45) is 3.63. The molecule has 0 aliphatic carbocycles. The zero-order chi connectivity index (χ0) is 26.3. The van der Waals surface area contributed by atoms with Crippen LogP contribution in [-0.2, 0) is 16.9 Å². The molecule has 3 aromatic carbocycles. The predicted octanol–water partition coefficient (Wildman–Crippen LogP) is 5.87. The summed E-state index contributed by atoms with van der Waals surface area (Å²) in [5.41, 5.74) is 6.22. The number of piperidine rings is 1. The number of benzene rings is 3. The molecule has 0 bridgehead atoms. The van der Waals surface area contributed by atoms with E-state index in [0.717, 1.165) is 70.8 Å². The number of rotatable bonds is 6. The third-order valence-corrected chi connectivity index (χ3v) is 8.54. The van der Waals surface area contributed by atoms with Crippen molar-refractivity contribution in [3.63, 3.8) is 0 Å². The molecular formula is C30H35N3O3S. The topological polar surface area (TPSA) is 64.4 Å². The van der Waals surface area contributed by atoms with Crippen molar-refractivity contribution in [3.8, 4) is 28.3 Å². The number of hydrogen-bond donors (Lipinski definition) is 0. The molecule has 0 N–H and O–H groups in total. The summed E-state index contributed by atoms with van der Waals surface area (Å²) in [7, 11) is -1.23. The average molecular weight is 518 g/mol. The van der Waals surface area contributed by atoms with E-state index in [1.54, 1.807) is 12.1 Å². The van der Waals surface area contributed by atoms with E-state index in [-0.39, 0.29) is 6.10 Å². The van der Waals surface area contributed by atoms with E-state index in [9.17, 15) is 8.42 Å². The van der Waals surface area contributed by atoms with Crippen LogP contribution in [0.1, 0.15) is 32.3 Å². The van der Waals surface area contributed by atoms with Gasteiger partial charge < -0.3 is 14.2 Å². The number of hydrogen-bond acceptors (Lipinski definition) is 5. The van der Waals surface area contributed by atoms with Crippen molar-refractivity contribution >= 4 is 20.9 Å². The van der Waals surface area contributed by atoms with Crippen LogP contribution >= 0.6 is 0 Å². The maximum atomic E-state index is 11.8. The number of ether oxygens (including phenoxy) is 1. The first-order chi connectivity index (χ1) is 17.6. The summed E-state index contributed by atoms with van der Waals surface area (Å²) in [5.74, 6) is 1.73. The summed E-state index contributed by atoms with van der Waals surface area (Å²) in [5, 5.41) is 0. The second-order valence-corrected chi connectivity index (χ2v) is 12.4. The van der Waals surface area contributed by atoms with Crippen LogP contribution in [0.5, 0.6) is 5.75 Å². The molecule has 4 aromatic rings. The quantitative estimate of drug-likeness (QED) is 0.320. The Hall–Kier alpha value is -3.16. The Bertz CT molecular complexity index is 1510. The molecule has 1 saturated heterocycles. The van der Waals surface area contributed by atoms with Crippen LogP contribution in [0, 0.1) is 6.92 Å². The number of fused-ring (bicyclic) bond motifs is 1. The Morgan fingerprint density at radius 2 is 1.54 bits per heavy atom. The highest BCUT2D eigenvalue weighted by atomic mass is 32.2. The van der Waals surface area contributed by atoms with Gasteiger partial charge in [0, 0.05) is 38.0 Å². The van der Waals surface area contributed by atoms with Gasteiger partial charge in [-0.25, -0.2) is 13.4 Å². The molecule has 0 radical (unpaired) electrons. The first kappa shape index (κ1) is 25.5. The Labute approximate surface area is 219 Å². The number of aromatic nitrogens is 2. The molecule has 0 saturated carbocycles. The molecule has 1 aliphatic rings. The standard InChI is InChI=1S/C30H35N3O3S/c1-20(2)33-16-14-26(15-17-33)36-25-10-6-22(7-11-25)24-18-21(3)29-28(19-24)32(4)30(31-29)23-8-12-27(13-9-23)37(5,34)35/h6-13,18-20,26H,14-17H2,1-5H3. The number of likely N-dealkylation sites (tertiary alicyclic amines) is 1. The average Bonchev–Trinajstić information content (AvgIpc) is 3.21. The molecule has 7 heteroatoms. The SMILES string of the molecule is Cc1cc(-c2ccc(OC3CCN(C(C)C)CC3)cc2)cc2c1nc(-c1ccc(S(C)(=O)=O)cc1)n2C. The highest BCUT2D eigenvalue weighted by Crippen LogP contribution is 2.32. The largest absolute Gasteiger partial charge is 0.490 e. The fourth-order valence-corrected chi connectivity index (χ4v) is 5.79. The van der Waals surface area contributed by atoms with E-state index < -0.39 is 9.84 Å². The smallest absolute Gasteiger partial charge is 0.175 e. The van der Waals surface area contributed by atoms with Crippen molar-refractivity contribution in [3.05, 3.63) is 66.2 Å². The lowest BCUT2D eigenvalue weighted by Gasteiger charge is -2.34. The second kappa shape index (κ2) is 9.95. The lowest BCUT2D eigenvalue weighted by molar-refractivity contribution is 0.0843. The van der Waals surface area contributed by atoms with Gasteiger partial charge in [-0.05, 0) is 98.8 Å². The lowest BCUT2D eigenvalue weighted by atomic mass is 10.0. The zero-order valence-corrected chi connectivity index (χ0v) is 23.0. The van der Waals surface area contributed by atoms with Crippen molar-refractivity contribution in [1.29, 1.82) is 0 Å². The van der Waals surface area contributed by atoms with E-state index in [0.29, 0.717) is 10.9 Å². The normalized spacial score (nSPS) is 15.5. The van der Waals surface area contributed by atoms with Crippen LogP contribution in [0.4, 0.5) is 0 Å². The Morgan fingerprint density at radius 3 is 2.14 bits per heavy atom. The summed E-state index contributed by atoms with van der Waals surface area (Å²) in [6, 6.07) is 20.2. The van der Waals surface area contributed by atoms with Crippen molar-refractivity contribution in [2.24, 2.45) is 7.05 Å². The van der Waals surface area contributed by atoms with Crippen LogP contribution in [0.15, 0.2) is 65.6 Å². The molecule has 0 unspecified atom stereocenters. The number of nitrogens with zero attached hydrogens (tertiary/aromatic N) is 3. The highest BCUT2D eigenvalue weighted by molar-refractivity contribution is 7.90. The summed E-state index contributed by atoms with van der Waals surface area (Å²) in [4.78, 5) is 7.71. The fraction of sp³-hybridized carbons (Fsp3) is 0.367. The fourth-order valence-electron chi connectivity index (χ4n) is 5.16. The molecular weight excluding hydrogens is 482 g/mol. The third-order valence-electron chi connectivity index (χ3n) is 7.42. The van der Waals surface area contributed by atoms with Crippen LogP contribution in [0.25, 0.3) is 33.5 Å². The predicted molar refractivity (Wildman–Crippen MR) is 150 cm³/mol. The van der Waals surface area contributed by atoms with Gasteiger partial charge in [0.2, 0.25) is 0 Å². The molecule has 0 amide bonds. The van der Waals surface area contributed by atoms with Gasteiger partial charge in [-0.1, -0.05) is 12.1 Å². The zero-order valence-electron chi connectivity index (χ0n) is 22.2. The van der Waals surface area contributed by atoms with Gasteiger partial charge >= 0.3 is 0 Å². The molecule has 194 valence electrons. The Balaban J connectivity index is 1.37. The minimum Gasteiger partial charge on any atom is -0.490 e. The summed E-state index contributed by atoms with van der Waals surface area (Å²) in [6.45, 7) is 8.77. The molecule has 2 heterocycles. The minimum atomic E-state index is -3.23. The Morgan fingerprint density at radius 1 is 0.919 bits per heavy atom.